The number of nitrogens with zero attached hydrogens (tertiary/aromatic N) is 3. The highest BCUT2D eigenvalue weighted by Gasteiger charge is 2.15. The van der Waals surface area contributed by atoms with Crippen molar-refractivity contribution in [2.24, 2.45) is 0 Å². The summed E-state index contributed by atoms with van der Waals surface area (Å²) in [6.45, 7) is 10.9. The van der Waals surface area contributed by atoms with E-state index in [9.17, 15) is 4.79 Å². The molecule has 0 radical (unpaired) electrons. The fourth-order valence-corrected chi connectivity index (χ4v) is 4.17. The van der Waals surface area contributed by atoms with E-state index in [1.807, 2.05) is 41.8 Å². The number of hydrogen-bond acceptors (Lipinski definition) is 5. The lowest BCUT2D eigenvalue weighted by atomic mass is 10.0. The van der Waals surface area contributed by atoms with Gasteiger partial charge in [0.25, 0.3) is 0 Å². The van der Waals surface area contributed by atoms with Crippen LogP contribution in [0.4, 0.5) is 5.69 Å². The van der Waals surface area contributed by atoms with Crippen molar-refractivity contribution in [3.63, 3.8) is 0 Å². The predicted octanol–water partition coefficient (Wildman–Crippen LogP) is 5.21. The van der Waals surface area contributed by atoms with Crippen molar-refractivity contribution in [3.8, 4) is 5.75 Å². The van der Waals surface area contributed by atoms with E-state index in [0.29, 0.717) is 24.1 Å². The van der Waals surface area contributed by atoms with Crippen molar-refractivity contribution >= 4 is 23.4 Å². The Kier molecular flexibility index (Phi) is 8.50. The number of hydrogen-bond donors (Lipinski definition) is 1. The fraction of sp³-hybridized carbons (Fsp3) is 0.320. The Morgan fingerprint density at radius 1 is 1.16 bits per heavy atom. The first-order valence-electron chi connectivity index (χ1n) is 10.8. The molecule has 0 aliphatic carbocycles. The smallest absolute Gasteiger partial charge is 0.234 e. The molecule has 1 heterocycles. The molecule has 0 aliphatic rings. The van der Waals surface area contributed by atoms with Crippen LogP contribution in [-0.2, 0) is 30.8 Å². The first-order valence-corrected chi connectivity index (χ1v) is 11.8. The topological polar surface area (TPSA) is 69.0 Å². The van der Waals surface area contributed by atoms with Crippen LogP contribution in [0.5, 0.6) is 5.75 Å². The monoisotopic (exact) mass is 450 g/mol. The third-order valence-electron chi connectivity index (χ3n) is 5.06. The Morgan fingerprint density at radius 3 is 2.53 bits per heavy atom. The van der Waals surface area contributed by atoms with E-state index < -0.39 is 0 Å². The maximum Gasteiger partial charge on any atom is 0.234 e. The second-order valence-corrected chi connectivity index (χ2v) is 8.34. The van der Waals surface area contributed by atoms with Gasteiger partial charge < -0.3 is 10.1 Å². The van der Waals surface area contributed by atoms with Gasteiger partial charge in [-0.1, -0.05) is 62.0 Å². The molecule has 6 nitrogen and oxygen atoms in total. The number of rotatable bonds is 11. The molecule has 0 aliphatic heterocycles. The maximum absolute atomic E-state index is 12.7. The molecular formula is C25H30N4O2S. The number of amides is 1. The van der Waals surface area contributed by atoms with Gasteiger partial charge in [0.15, 0.2) is 11.0 Å². The standard InChI is InChI=1S/C25H30N4O2S/c1-5-14-29-22(16-31-21-13-8-10-18(4)15-21)27-28-25(29)32-17-23(30)26-24-19(6-2)11-9-12-20(24)7-3/h5,8-13,15H,1,6-7,14,16-17H2,2-4H3,(H,26,30). The van der Waals surface area contributed by atoms with Crippen LogP contribution in [0.15, 0.2) is 60.3 Å². The lowest BCUT2D eigenvalue weighted by molar-refractivity contribution is -0.113. The number of nitrogens with one attached hydrogen (secondary N) is 1. The molecule has 0 bridgehead atoms. The van der Waals surface area contributed by atoms with Crippen molar-refractivity contribution in [3.05, 3.63) is 77.6 Å². The van der Waals surface area contributed by atoms with Gasteiger partial charge in [-0.2, -0.15) is 0 Å². The van der Waals surface area contributed by atoms with E-state index in [1.54, 1.807) is 6.08 Å². The van der Waals surface area contributed by atoms with Crippen molar-refractivity contribution in [1.82, 2.24) is 14.8 Å². The van der Waals surface area contributed by atoms with Gasteiger partial charge in [-0.3, -0.25) is 9.36 Å². The molecule has 3 aromatic rings. The van der Waals surface area contributed by atoms with E-state index in [2.05, 4.69) is 48.1 Å². The number of thioether (sulfide) groups is 1. The second kappa shape index (κ2) is 11.5. The van der Waals surface area contributed by atoms with Gasteiger partial charge in [0.1, 0.15) is 12.4 Å². The molecule has 3 rings (SSSR count). The highest BCUT2D eigenvalue weighted by molar-refractivity contribution is 7.99. The summed E-state index contributed by atoms with van der Waals surface area (Å²) in [5.41, 5.74) is 4.36. The Morgan fingerprint density at radius 2 is 1.88 bits per heavy atom. The highest BCUT2D eigenvalue weighted by Crippen LogP contribution is 2.24. The first kappa shape index (κ1) is 23.6. The van der Waals surface area contributed by atoms with E-state index in [4.69, 9.17) is 4.74 Å². The summed E-state index contributed by atoms with van der Waals surface area (Å²) in [6, 6.07) is 14.0. The molecule has 0 atom stereocenters. The Hall–Kier alpha value is -3.06. The van der Waals surface area contributed by atoms with Gasteiger partial charge >= 0.3 is 0 Å². The summed E-state index contributed by atoms with van der Waals surface area (Å²) in [7, 11) is 0. The number of aromatic nitrogens is 3. The minimum atomic E-state index is -0.0590. The van der Waals surface area contributed by atoms with Gasteiger partial charge in [0.2, 0.25) is 5.91 Å². The van der Waals surface area contributed by atoms with E-state index in [-0.39, 0.29) is 11.7 Å². The Balaban J connectivity index is 1.66. The summed E-state index contributed by atoms with van der Waals surface area (Å²) in [5, 5.41) is 12.3. The molecule has 0 spiro atoms. The quantitative estimate of drug-likeness (QED) is 0.321. The van der Waals surface area contributed by atoms with Crippen LogP contribution in [0.25, 0.3) is 0 Å². The zero-order valence-corrected chi connectivity index (χ0v) is 19.7. The normalized spacial score (nSPS) is 10.7. The zero-order chi connectivity index (χ0) is 22.9. The number of benzene rings is 2. The molecule has 2 aromatic carbocycles. The summed E-state index contributed by atoms with van der Waals surface area (Å²) in [5.74, 6) is 1.66. The molecular weight excluding hydrogens is 420 g/mol. The third-order valence-corrected chi connectivity index (χ3v) is 6.02. The fourth-order valence-electron chi connectivity index (χ4n) is 3.41. The van der Waals surface area contributed by atoms with Crippen LogP contribution in [0.2, 0.25) is 0 Å². The van der Waals surface area contributed by atoms with Crippen LogP contribution >= 0.6 is 11.8 Å². The van der Waals surface area contributed by atoms with Gasteiger partial charge in [0, 0.05) is 12.2 Å². The summed E-state index contributed by atoms with van der Waals surface area (Å²) in [4.78, 5) is 12.7. The van der Waals surface area contributed by atoms with E-state index in [1.165, 1.54) is 11.8 Å². The van der Waals surface area contributed by atoms with Crippen LogP contribution in [0.3, 0.4) is 0 Å². The molecule has 0 saturated heterocycles. The maximum atomic E-state index is 12.7. The van der Waals surface area contributed by atoms with E-state index >= 15 is 0 Å². The van der Waals surface area contributed by atoms with Crippen LogP contribution in [0.1, 0.15) is 36.4 Å². The number of aryl methyl sites for hydroxylation is 3. The van der Waals surface area contributed by atoms with Crippen molar-refractivity contribution in [2.75, 3.05) is 11.1 Å². The van der Waals surface area contributed by atoms with Gasteiger partial charge in [-0.15, -0.1) is 16.8 Å². The molecule has 1 N–H and O–H groups in total. The van der Waals surface area contributed by atoms with Gasteiger partial charge in [-0.05, 0) is 48.6 Å². The number of allylic oxidation sites excluding steroid dienone is 1. The Labute approximate surface area is 194 Å². The average Bonchev–Trinajstić information content (AvgIpc) is 3.18. The average molecular weight is 451 g/mol. The number of para-hydroxylation sites is 1. The molecule has 0 fully saturated rings. The minimum absolute atomic E-state index is 0.0590. The minimum Gasteiger partial charge on any atom is -0.486 e. The zero-order valence-electron chi connectivity index (χ0n) is 18.9. The molecule has 32 heavy (non-hydrogen) atoms. The van der Waals surface area contributed by atoms with Crippen molar-refractivity contribution < 1.29 is 9.53 Å². The SMILES string of the molecule is C=CCn1c(COc2cccc(C)c2)nnc1SCC(=O)Nc1c(CC)cccc1CC. The molecule has 0 unspecified atom stereocenters. The molecule has 1 aromatic heterocycles. The summed E-state index contributed by atoms with van der Waals surface area (Å²) >= 11 is 1.36. The number of ether oxygens (including phenoxy) is 1. The van der Waals surface area contributed by atoms with Crippen molar-refractivity contribution in [1.29, 1.82) is 0 Å². The van der Waals surface area contributed by atoms with Crippen LogP contribution in [0, 0.1) is 6.92 Å². The molecule has 7 heteroatoms. The highest BCUT2D eigenvalue weighted by atomic mass is 32.2. The molecule has 0 saturated carbocycles. The van der Waals surface area contributed by atoms with Gasteiger partial charge in [-0.25, -0.2) is 0 Å². The van der Waals surface area contributed by atoms with Gasteiger partial charge in [0.05, 0.1) is 5.75 Å². The first-order chi connectivity index (χ1) is 15.5. The predicted molar refractivity (Wildman–Crippen MR) is 130 cm³/mol. The molecule has 168 valence electrons. The Bertz CT molecular complexity index is 1060. The second-order valence-electron chi connectivity index (χ2n) is 7.40. The largest absolute Gasteiger partial charge is 0.486 e. The lowest BCUT2D eigenvalue weighted by Gasteiger charge is -2.14. The number of anilines is 1. The van der Waals surface area contributed by atoms with Crippen molar-refractivity contribution in [2.45, 2.75) is 51.9 Å². The lowest BCUT2D eigenvalue weighted by Crippen LogP contribution is -2.17. The van der Waals surface area contributed by atoms with E-state index in [0.717, 1.165) is 41.0 Å². The van der Waals surface area contributed by atoms with Crippen LogP contribution < -0.4 is 10.1 Å². The number of carbonyl (C=O) groups is 1. The molecule has 1 amide bonds. The summed E-state index contributed by atoms with van der Waals surface area (Å²) < 4.78 is 7.81. The summed E-state index contributed by atoms with van der Waals surface area (Å²) in [6.07, 6.45) is 3.53. The third kappa shape index (κ3) is 6.01. The number of carbonyl (C=O) groups excluding carboxylic acids is 1. The van der Waals surface area contributed by atoms with Crippen LogP contribution in [-0.4, -0.2) is 26.4 Å².